The fraction of sp³-hybridized carbons (Fsp3) is 0.562. The first kappa shape index (κ1) is 14.9. The number of para-hydroxylation sites is 1. The van der Waals surface area contributed by atoms with Crippen LogP contribution in [0.2, 0.25) is 0 Å². The summed E-state index contributed by atoms with van der Waals surface area (Å²) in [5, 5.41) is 0. The van der Waals surface area contributed by atoms with Crippen LogP contribution < -0.4 is 15.4 Å². The van der Waals surface area contributed by atoms with Gasteiger partial charge in [-0.15, -0.1) is 0 Å². The molecule has 4 nitrogen and oxygen atoms in total. The summed E-state index contributed by atoms with van der Waals surface area (Å²) in [5.74, 6) is 1.24. The summed E-state index contributed by atoms with van der Waals surface area (Å²) in [4.78, 5) is 13.5. The third-order valence-electron chi connectivity index (χ3n) is 3.50. The van der Waals surface area contributed by atoms with E-state index >= 15 is 0 Å². The van der Waals surface area contributed by atoms with Crippen LogP contribution in [0.5, 0.6) is 5.75 Å². The molecule has 110 valence electrons. The molecule has 1 fully saturated rings. The van der Waals surface area contributed by atoms with Crippen molar-refractivity contribution in [2.24, 2.45) is 11.7 Å². The predicted molar refractivity (Wildman–Crippen MR) is 81.6 cm³/mol. The number of aldehydes is 1. The fourth-order valence-corrected chi connectivity index (χ4v) is 2.56. The summed E-state index contributed by atoms with van der Waals surface area (Å²) in [5.41, 5.74) is 7.64. The van der Waals surface area contributed by atoms with Crippen LogP contribution in [0.4, 0.5) is 5.69 Å². The lowest BCUT2D eigenvalue weighted by atomic mass is 10.0. The molecule has 2 N–H and O–H groups in total. The van der Waals surface area contributed by atoms with Gasteiger partial charge in [0.25, 0.3) is 0 Å². The Hall–Kier alpha value is -1.55. The van der Waals surface area contributed by atoms with Crippen LogP contribution in [-0.2, 0) is 0 Å². The molecule has 0 aliphatic carbocycles. The van der Waals surface area contributed by atoms with E-state index in [1.165, 1.54) is 0 Å². The zero-order valence-corrected chi connectivity index (χ0v) is 12.3. The van der Waals surface area contributed by atoms with E-state index in [2.05, 4.69) is 18.7 Å². The van der Waals surface area contributed by atoms with Crippen LogP contribution in [0.3, 0.4) is 0 Å². The lowest BCUT2D eigenvalue weighted by Gasteiger charge is -2.34. The fourth-order valence-electron chi connectivity index (χ4n) is 2.56. The molecule has 0 saturated carbocycles. The van der Waals surface area contributed by atoms with E-state index in [-0.39, 0.29) is 6.04 Å². The Morgan fingerprint density at radius 3 is 2.95 bits per heavy atom. The smallest absolute Gasteiger partial charge is 0.152 e. The molecule has 0 aromatic heterocycles. The van der Waals surface area contributed by atoms with Crippen molar-refractivity contribution in [1.29, 1.82) is 0 Å². The quantitative estimate of drug-likeness (QED) is 0.839. The third-order valence-corrected chi connectivity index (χ3v) is 3.50. The van der Waals surface area contributed by atoms with E-state index in [1.807, 2.05) is 18.2 Å². The number of rotatable bonds is 5. The maximum Gasteiger partial charge on any atom is 0.152 e. The Morgan fingerprint density at radius 1 is 1.50 bits per heavy atom. The van der Waals surface area contributed by atoms with Crippen LogP contribution in [0, 0.1) is 5.92 Å². The van der Waals surface area contributed by atoms with Crippen LogP contribution in [0.25, 0.3) is 0 Å². The zero-order valence-electron chi connectivity index (χ0n) is 12.3. The third kappa shape index (κ3) is 3.51. The van der Waals surface area contributed by atoms with Gasteiger partial charge in [-0.3, -0.25) is 4.79 Å². The van der Waals surface area contributed by atoms with Gasteiger partial charge in [-0.1, -0.05) is 19.9 Å². The van der Waals surface area contributed by atoms with Crippen molar-refractivity contribution in [2.45, 2.75) is 32.7 Å². The van der Waals surface area contributed by atoms with Crippen molar-refractivity contribution >= 4 is 12.0 Å². The van der Waals surface area contributed by atoms with Crippen molar-refractivity contribution in [3.8, 4) is 5.75 Å². The molecule has 4 heteroatoms. The Bertz CT molecular complexity index is 460. The zero-order chi connectivity index (χ0) is 14.5. The monoisotopic (exact) mass is 276 g/mol. The number of carbonyl (C=O) groups excluding carboxylic acids is 1. The highest BCUT2D eigenvalue weighted by atomic mass is 16.5. The number of ether oxygens (including phenoxy) is 1. The second kappa shape index (κ2) is 6.75. The van der Waals surface area contributed by atoms with Gasteiger partial charge in [-0.05, 0) is 30.9 Å². The molecular weight excluding hydrogens is 252 g/mol. The second-order valence-corrected chi connectivity index (χ2v) is 5.87. The maximum absolute atomic E-state index is 11.3. The summed E-state index contributed by atoms with van der Waals surface area (Å²) in [6, 6.07) is 5.81. The SMILES string of the molecule is CC(C)COc1cccc(C=O)c1N1CCC[C@@H](N)C1. The molecule has 0 spiro atoms. The van der Waals surface area contributed by atoms with E-state index < -0.39 is 0 Å². The molecule has 0 bridgehead atoms. The normalized spacial score (nSPS) is 19.2. The van der Waals surface area contributed by atoms with E-state index in [9.17, 15) is 4.79 Å². The van der Waals surface area contributed by atoms with E-state index in [0.29, 0.717) is 18.1 Å². The minimum Gasteiger partial charge on any atom is -0.491 e. The molecule has 0 amide bonds. The van der Waals surface area contributed by atoms with Crippen molar-refractivity contribution in [3.63, 3.8) is 0 Å². The Labute approximate surface area is 120 Å². The van der Waals surface area contributed by atoms with E-state index in [4.69, 9.17) is 10.5 Å². The van der Waals surface area contributed by atoms with Gasteiger partial charge in [-0.2, -0.15) is 0 Å². The topological polar surface area (TPSA) is 55.6 Å². The number of nitrogens with zero attached hydrogens (tertiary/aromatic N) is 1. The van der Waals surface area contributed by atoms with Gasteiger partial charge < -0.3 is 15.4 Å². The van der Waals surface area contributed by atoms with Gasteiger partial charge >= 0.3 is 0 Å². The standard InChI is InChI=1S/C16H24N2O2/c1-12(2)11-20-15-7-3-5-13(10-19)16(15)18-8-4-6-14(17)9-18/h3,5,7,10,12,14H,4,6,8-9,11,17H2,1-2H3/t14-/m1/s1. The first-order chi connectivity index (χ1) is 9.61. The minimum absolute atomic E-state index is 0.168. The van der Waals surface area contributed by atoms with Gasteiger partial charge in [0.15, 0.2) is 6.29 Å². The number of anilines is 1. The van der Waals surface area contributed by atoms with Gasteiger partial charge in [0.05, 0.1) is 12.3 Å². The number of carbonyl (C=O) groups is 1. The molecule has 1 aliphatic rings. The number of hydrogen-bond acceptors (Lipinski definition) is 4. The summed E-state index contributed by atoms with van der Waals surface area (Å²) < 4.78 is 5.89. The molecule has 1 heterocycles. The van der Waals surface area contributed by atoms with Crippen molar-refractivity contribution in [3.05, 3.63) is 23.8 Å². The van der Waals surface area contributed by atoms with E-state index in [0.717, 1.165) is 43.7 Å². The van der Waals surface area contributed by atoms with Gasteiger partial charge in [-0.25, -0.2) is 0 Å². The largest absolute Gasteiger partial charge is 0.491 e. The van der Waals surface area contributed by atoms with Crippen molar-refractivity contribution in [2.75, 3.05) is 24.6 Å². The highest BCUT2D eigenvalue weighted by molar-refractivity contribution is 5.87. The first-order valence-corrected chi connectivity index (χ1v) is 7.33. The molecule has 1 aromatic rings. The molecule has 1 aliphatic heterocycles. The summed E-state index contributed by atoms with van der Waals surface area (Å²) >= 11 is 0. The van der Waals surface area contributed by atoms with E-state index in [1.54, 1.807) is 0 Å². The maximum atomic E-state index is 11.3. The minimum atomic E-state index is 0.168. The lowest BCUT2D eigenvalue weighted by molar-refractivity contribution is 0.112. The molecular formula is C16H24N2O2. The Kier molecular flexibility index (Phi) is 5.01. The van der Waals surface area contributed by atoms with Gasteiger partial charge in [0.1, 0.15) is 5.75 Å². The average Bonchev–Trinajstić information content (AvgIpc) is 2.44. The van der Waals surface area contributed by atoms with Crippen LogP contribution >= 0.6 is 0 Å². The number of piperidine rings is 1. The summed E-state index contributed by atoms with van der Waals surface area (Å²) in [6.45, 7) is 6.58. The molecule has 1 atom stereocenters. The lowest BCUT2D eigenvalue weighted by Crippen LogP contribution is -2.43. The van der Waals surface area contributed by atoms with Crippen LogP contribution in [0.15, 0.2) is 18.2 Å². The van der Waals surface area contributed by atoms with Crippen LogP contribution in [-0.4, -0.2) is 32.0 Å². The van der Waals surface area contributed by atoms with Crippen LogP contribution in [0.1, 0.15) is 37.0 Å². The highest BCUT2D eigenvalue weighted by Crippen LogP contribution is 2.33. The van der Waals surface area contributed by atoms with Crippen molar-refractivity contribution in [1.82, 2.24) is 0 Å². The summed E-state index contributed by atoms with van der Waals surface area (Å²) in [6.07, 6.45) is 3.00. The first-order valence-electron chi connectivity index (χ1n) is 7.33. The molecule has 1 saturated heterocycles. The highest BCUT2D eigenvalue weighted by Gasteiger charge is 2.22. The second-order valence-electron chi connectivity index (χ2n) is 5.87. The van der Waals surface area contributed by atoms with Crippen molar-refractivity contribution < 1.29 is 9.53 Å². The molecule has 0 radical (unpaired) electrons. The number of nitrogens with two attached hydrogens (primary N) is 1. The Morgan fingerprint density at radius 2 is 2.30 bits per heavy atom. The predicted octanol–water partition coefficient (Wildman–Crippen LogP) is 2.46. The molecule has 20 heavy (non-hydrogen) atoms. The Balaban J connectivity index is 2.29. The number of benzene rings is 1. The molecule has 2 rings (SSSR count). The van der Waals surface area contributed by atoms with Gasteiger partial charge in [0, 0.05) is 24.7 Å². The summed E-state index contributed by atoms with van der Waals surface area (Å²) in [7, 11) is 0. The average molecular weight is 276 g/mol. The molecule has 1 aromatic carbocycles. The van der Waals surface area contributed by atoms with Gasteiger partial charge in [0.2, 0.25) is 0 Å². The number of hydrogen-bond donors (Lipinski definition) is 1. The molecule has 0 unspecified atom stereocenters.